The van der Waals surface area contributed by atoms with Gasteiger partial charge in [0.2, 0.25) is 0 Å². The van der Waals surface area contributed by atoms with Gasteiger partial charge in [-0.3, -0.25) is 0 Å². The highest BCUT2D eigenvalue weighted by Gasteiger charge is 2.40. The molecule has 0 aromatic heterocycles. The summed E-state index contributed by atoms with van der Waals surface area (Å²) < 4.78 is 24.2. The molecule has 29 heavy (non-hydrogen) atoms. The van der Waals surface area contributed by atoms with Gasteiger partial charge in [-0.25, -0.2) is 0 Å². The number of hydrogen-bond acceptors (Lipinski definition) is 5. The van der Waals surface area contributed by atoms with E-state index in [1.165, 1.54) is 25.7 Å². The Morgan fingerprint density at radius 1 is 0.897 bits per heavy atom. The highest BCUT2D eigenvalue weighted by atomic mass is 16.7. The summed E-state index contributed by atoms with van der Waals surface area (Å²) in [6, 6.07) is 0. The van der Waals surface area contributed by atoms with Crippen LogP contribution >= 0.6 is 0 Å². The number of aldehydes is 1. The number of carbonyl (C=O) groups is 1. The third-order valence-electron chi connectivity index (χ3n) is 6.39. The summed E-state index contributed by atoms with van der Waals surface area (Å²) in [7, 11) is 0. The van der Waals surface area contributed by atoms with Crippen LogP contribution in [0.4, 0.5) is 0 Å². The van der Waals surface area contributed by atoms with E-state index in [9.17, 15) is 4.79 Å². The van der Waals surface area contributed by atoms with Crippen molar-refractivity contribution in [1.29, 1.82) is 0 Å². The topological polar surface area (TPSA) is 54.0 Å². The summed E-state index contributed by atoms with van der Waals surface area (Å²) in [5.74, 6) is 0.237. The first-order chi connectivity index (χ1) is 13.6. The molecule has 5 nitrogen and oxygen atoms in total. The fourth-order valence-corrected chi connectivity index (χ4v) is 4.86. The summed E-state index contributed by atoms with van der Waals surface area (Å²) in [6.45, 7) is 14.7. The number of ether oxygens (including phenoxy) is 4. The molecule has 2 fully saturated rings. The standard InChI is InChI=1S/C24H44O5/c1-8-17(3)12-18(9-2)10-11-19-13-20(27-23(4,5)26-19)14-21-15-22(16-25)29-24(6,7)28-21/h16-22H,8-15H2,1-7H3/t17?,18?,19-,20+,21+,22+/m1/s1. The van der Waals surface area contributed by atoms with Gasteiger partial charge in [0.1, 0.15) is 12.4 Å². The van der Waals surface area contributed by atoms with Crippen LogP contribution in [-0.4, -0.2) is 42.3 Å². The van der Waals surface area contributed by atoms with E-state index in [4.69, 9.17) is 18.9 Å². The minimum atomic E-state index is -0.737. The van der Waals surface area contributed by atoms with Gasteiger partial charge in [-0.2, -0.15) is 0 Å². The van der Waals surface area contributed by atoms with Gasteiger partial charge >= 0.3 is 0 Å². The fourth-order valence-electron chi connectivity index (χ4n) is 4.86. The Morgan fingerprint density at radius 3 is 2.07 bits per heavy atom. The highest BCUT2D eigenvalue weighted by molar-refractivity contribution is 5.56. The number of carbonyl (C=O) groups excluding carboxylic acids is 1. The minimum Gasteiger partial charge on any atom is -0.347 e. The molecule has 0 radical (unpaired) electrons. The third-order valence-corrected chi connectivity index (χ3v) is 6.39. The molecule has 0 spiro atoms. The second-order valence-corrected chi connectivity index (χ2v) is 10.1. The van der Waals surface area contributed by atoms with Crippen LogP contribution in [0.2, 0.25) is 0 Å². The maximum Gasteiger partial charge on any atom is 0.164 e. The van der Waals surface area contributed by atoms with Gasteiger partial charge < -0.3 is 23.7 Å². The second-order valence-electron chi connectivity index (χ2n) is 10.1. The van der Waals surface area contributed by atoms with Crippen LogP contribution in [0.5, 0.6) is 0 Å². The Morgan fingerprint density at radius 2 is 1.48 bits per heavy atom. The first kappa shape index (κ1) is 24.8. The first-order valence-electron chi connectivity index (χ1n) is 11.7. The molecule has 0 amide bonds. The van der Waals surface area contributed by atoms with Gasteiger partial charge in [0.25, 0.3) is 0 Å². The van der Waals surface area contributed by atoms with Crippen molar-refractivity contribution >= 4 is 6.29 Å². The summed E-state index contributed by atoms with van der Waals surface area (Å²) in [6.07, 6.45) is 9.05. The molecule has 2 aliphatic heterocycles. The summed E-state index contributed by atoms with van der Waals surface area (Å²) >= 11 is 0. The maximum atomic E-state index is 11.3. The van der Waals surface area contributed by atoms with Crippen molar-refractivity contribution in [3.8, 4) is 0 Å². The van der Waals surface area contributed by atoms with E-state index in [0.717, 1.165) is 37.4 Å². The van der Waals surface area contributed by atoms with Crippen molar-refractivity contribution in [3.05, 3.63) is 0 Å². The molecule has 2 heterocycles. The van der Waals surface area contributed by atoms with Crippen molar-refractivity contribution < 1.29 is 23.7 Å². The van der Waals surface area contributed by atoms with E-state index < -0.39 is 17.7 Å². The largest absolute Gasteiger partial charge is 0.347 e. The van der Waals surface area contributed by atoms with Crippen LogP contribution in [0.25, 0.3) is 0 Å². The maximum absolute atomic E-state index is 11.3. The molecule has 2 rings (SSSR count). The molecule has 5 heteroatoms. The van der Waals surface area contributed by atoms with Crippen LogP contribution < -0.4 is 0 Å². The summed E-state index contributed by atoms with van der Waals surface area (Å²) in [4.78, 5) is 11.3. The Bertz CT molecular complexity index is 503. The Labute approximate surface area is 178 Å². The van der Waals surface area contributed by atoms with Crippen molar-refractivity contribution in [1.82, 2.24) is 0 Å². The first-order valence-corrected chi connectivity index (χ1v) is 11.7. The van der Waals surface area contributed by atoms with Crippen LogP contribution in [0.1, 0.15) is 99.8 Å². The lowest BCUT2D eigenvalue weighted by atomic mass is 9.87. The number of hydrogen-bond donors (Lipinski definition) is 0. The molecule has 0 N–H and O–H groups in total. The van der Waals surface area contributed by atoms with E-state index in [0.29, 0.717) is 6.42 Å². The average molecular weight is 413 g/mol. The second kappa shape index (κ2) is 10.7. The number of rotatable bonds is 10. The van der Waals surface area contributed by atoms with E-state index >= 15 is 0 Å². The Kier molecular flexibility index (Phi) is 9.14. The average Bonchev–Trinajstić information content (AvgIpc) is 2.62. The van der Waals surface area contributed by atoms with Gasteiger partial charge in [0, 0.05) is 19.3 Å². The molecular weight excluding hydrogens is 368 g/mol. The quantitative estimate of drug-likeness (QED) is 0.435. The highest BCUT2D eigenvalue weighted by Crippen LogP contribution is 2.35. The lowest BCUT2D eigenvalue weighted by Crippen LogP contribution is -2.49. The van der Waals surface area contributed by atoms with E-state index in [1.54, 1.807) is 0 Å². The summed E-state index contributed by atoms with van der Waals surface area (Å²) in [5.41, 5.74) is 0. The van der Waals surface area contributed by atoms with Gasteiger partial charge in [0.15, 0.2) is 11.6 Å². The van der Waals surface area contributed by atoms with Crippen molar-refractivity contribution in [2.75, 3.05) is 0 Å². The SMILES string of the molecule is CCC(C)CC(CC)CC[C@@H]1C[C@@H](C[C@H]2C[C@@H](C=O)OC(C)(C)O2)OC(C)(C)O1. The molecule has 2 saturated heterocycles. The van der Waals surface area contributed by atoms with Crippen LogP contribution in [-0.2, 0) is 23.7 Å². The van der Waals surface area contributed by atoms with E-state index in [1.807, 2.05) is 27.7 Å². The smallest absolute Gasteiger partial charge is 0.164 e. The van der Waals surface area contributed by atoms with Crippen molar-refractivity contribution in [3.63, 3.8) is 0 Å². The third kappa shape index (κ3) is 8.28. The molecule has 170 valence electrons. The van der Waals surface area contributed by atoms with Crippen LogP contribution in [0, 0.1) is 11.8 Å². The molecule has 0 aromatic carbocycles. The molecule has 0 saturated carbocycles. The van der Waals surface area contributed by atoms with Crippen molar-refractivity contribution in [2.24, 2.45) is 11.8 Å². The normalized spacial score (nSPS) is 33.8. The monoisotopic (exact) mass is 412 g/mol. The molecule has 2 aliphatic rings. The molecular formula is C24H44O5. The zero-order valence-corrected chi connectivity index (χ0v) is 19.7. The lowest BCUT2D eigenvalue weighted by Gasteiger charge is -2.44. The van der Waals surface area contributed by atoms with Crippen LogP contribution in [0.15, 0.2) is 0 Å². The zero-order chi connectivity index (χ0) is 21.7. The molecule has 0 bridgehead atoms. The molecule has 0 aromatic rings. The van der Waals surface area contributed by atoms with Gasteiger partial charge in [0.05, 0.1) is 18.3 Å². The minimum absolute atomic E-state index is 0.0395. The van der Waals surface area contributed by atoms with Crippen molar-refractivity contribution in [2.45, 2.75) is 136 Å². The predicted molar refractivity (Wildman–Crippen MR) is 115 cm³/mol. The van der Waals surface area contributed by atoms with E-state index in [2.05, 4.69) is 20.8 Å². The molecule has 2 unspecified atom stereocenters. The zero-order valence-electron chi connectivity index (χ0n) is 19.7. The molecule has 6 atom stereocenters. The van der Waals surface area contributed by atoms with Gasteiger partial charge in [-0.1, -0.05) is 33.6 Å². The predicted octanol–water partition coefficient (Wildman–Crippen LogP) is 5.64. The van der Waals surface area contributed by atoms with Gasteiger partial charge in [-0.15, -0.1) is 0 Å². The van der Waals surface area contributed by atoms with Gasteiger partial charge in [-0.05, 0) is 58.8 Å². The van der Waals surface area contributed by atoms with E-state index in [-0.39, 0.29) is 18.3 Å². The fraction of sp³-hybridized carbons (Fsp3) is 0.958. The molecule has 0 aliphatic carbocycles. The Hall–Kier alpha value is -0.490. The summed E-state index contributed by atoms with van der Waals surface area (Å²) in [5, 5.41) is 0. The lowest BCUT2D eigenvalue weighted by molar-refractivity contribution is -0.321. The Balaban J connectivity index is 1.92. The van der Waals surface area contributed by atoms with Crippen LogP contribution in [0.3, 0.4) is 0 Å².